The van der Waals surface area contributed by atoms with Crippen LogP contribution in [0.3, 0.4) is 0 Å². The smallest absolute Gasteiger partial charge is 0.284 e. The fourth-order valence-electron chi connectivity index (χ4n) is 1.87. The predicted molar refractivity (Wildman–Crippen MR) is 53.7 cm³/mol. The Hall–Kier alpha value is -1.55. The number of carbonyl (C=O) groups is 1. The molecule has 2 atom stereocenters. The summed E-state index contributed by atoms with van der Waals surface area (Å²) in [5.41, 5.74) is 2.74. The van der Waals surface area contributed by atoms with E-state index in [4.69, 9.17) is 9.94 Å². The summed E-state index contributed by atoms with van der Waals surface area (Å²) < 4.78 is 5.52. The van der Waals surface area contributed by atoms with Crippen LogP contribution >= 0.6 is 0 Å². The van der Waals surface area contributed by atoms with E-state index in [0.29, 0.717) is 0 Å². The lowest BCUT2D eigenvalue weighted by molar-refractivity contribution is -0.139. The molecule has 0 aliphatic carbocycles. The summed E-state index contributed by atoms with van der Waals surface area (Å²) in [5, 5.41) is 8.57. The first-order valence-corrected chi connectivity index (χ1v) is 4.91. The molecule has 2 N–H and O–H groups in total. The third-order valence-corrected chi connectivity index (χ3v) is 2.65. The van der Waals surface area contributed by atoms with Crippen molar-refractivity contribution in [2.45, 2.75) is 19.4 Å². The minimum atomic E-state index is -0.607. The Morgan fingerprint density at radius 2 is 2.27 bits per heavy atom. The highest BCUT2D eigenvalue weighted by Crippen LogP contribution is 2.30. The molecule has 0 saturated carbocycles. The lowest BCUT2D eigenvalue weighted by Crippen LogP contribution is -2.43. The molecule has 1 heterocycles. The van der Waals surface area contributed by atoms with Crippen molar-refractivity contribution >= 4 is 5.91 Å². The van der Waals surface area contributed by atoms with Crippen molar-refractivity contribution in [2.75, 3.05) is 0 Å². The number of hydrogen-bond donors (Lipinski definition) is 2. The van der Waals surface area contributed by atoms with Gasteiger partial charge in [0.1, 0.15) is 5.75 Å². The molecule has 0 fully saturated rings. The van der Waals surface area contributed by atoms with Crippen molar-refractivity contribution in [3.05, 3.63) is 29.8 Å². The molecule has 15 heavy (non-hydrogen) atoms. The summed E-state index contributed by atoms with van der Waals surface area (Å²) in [6.07, 6.45) is 0.179. The summed E-state index contributed by atoms with van der Waals surface area (Å²) in [5.74, 6) is 0.299. The Kier molecular flexibility index (Phi) is 2.60. The van der Waals surface area contributed by atoms with Gasteiger partial charge in [-0.2, -0.15) is 0 Å². The monoisotopic (exact) mass is 207 g/mol. The Labute approximate surface area is 87.8 Å². The van der Waals surface area contributed by atoms with Gasteiger partial charge in [0.15, 0.2) is 6.10 Å². The molecule has 0 aromatic heterocycles. The van der Waals surface area contributed by atoms with Gasteiger partial charge in [0.2, 0.25) is 0 Å². The van der Waals surface area contributed by atoms with Gasteiger partial charge in [-0.05, 0) is 18.1 Å². The van der Waals surface area contributed by atoms with Gasteiger partial charge in [0.25, 0.3) is 5.91 Å². The SMILES string of the molecule is C[C@@H]1Cc2ccccc2OC1C(=O)NO. The molecule has 1 amide bonds. The minimum absolute atomic E-state index is 0.0621. The van der Waals surface area contributed by atoms with Crippen molar-refractivity contribution in [2.24, 2.45) is 5.92 Å². The average Bonchev–Trinajstić information content (AvgIpc) is 2.27. The topological polar surface area (TPSA) is 58.6 Å². The lowest BCUT2D eigenvalue weighted by Gasteiger charge is -2.29. The number of hydroxylamine groups is 1. The molecular weight excluding hydrogens is 194 g/mol. The van der Waals surface area contributed by atoms with Gasteiger partial charge < -0.3 is 4.74 Å². The van der Waals surface area contributed by atoms with E-state index < -0.39 is 12.0 Å². The van der Waals surface area contributed by atoms with E-state index in [1.54, 1.807) is 5.48 Å². The Morgan fingerprint density at radius 1 is 1.53 bits per heavy atom. The number of fused-ring (bicyclic) bond motifs is 1. The van der Waals surface area contributed by atoms with Crippen LogP contribution in [0.4, 0.5) is 0 Å². The average molecular weight is 207 g/mol. The summed E-state index contributed by atoms with van der Waals surface area (Å²) in [6, 6.07) is 7.63. The number of carbonyl (C=O) groups excluding carboxylic acids is 1. The van der Waals surface area contributed by atoms with E-state index in [2.05, 4.69) is 0 Å². The van der Waals surface area contributed by atoms with Gasteiger partial charge in [0.05, 0.1) is 0 Å². The minimum Gasteiger partial charge on any atom is -0.480 e. The number of amides is 1. The van der Waals surface area contributed by atoms with Crippen LogP contribution in [0.15, 0.2) is 24.3 Å². The predicted octanol–water partition coefficient (Wildman–Crippen LogP) is 1.13. The van der Waals surface area contributed by atoms with E-state index in [1.807, 2.05) is 31.2 Å². The van der Waals surface area contributed by atoms with Gasteiger partial charge in [-0.1, -0.05) is 25.1 Å². The molecule has 1 aromatic carbocycles. The second-order valence-electron chi connectivity index (χ2n) is 3.80. The number of hydrogen-bond acceptors (Lipinski definition) is 3. The van der Waals surface area contributed by atoms with Gasteiger partial charge in [0, 0.05) is 5.92 Å². The van der Waals surface area contributed by atoms with E-state index >= 15 is 0 Å². The summed E-state index contributed by atoms with van der Waals surface area (Å²) in [6.45, 7) is 1.93. The zero-order valence-corrected chi connectivity index (χ0v) is 8.43. The molecular formula is C11H13NO3. The van der Waals surface area contributed by atoms with Crippen LogP contribution in [-0.2, 0) is 11.2 Å². The molecule has 80 valence electrons. The molecule has 4 heteroatoms. The fourth-order valence-corrected chi connectivity index (χ4v) is 1.87. The van der Waals surface area contributed by atoms with Crippen molar-refractivity contribution in [1.29, 1.82) is 0 Å². The maximum Gasteiger partial charge on any atom is 0.284 e. The molecule has 2 rings (SSSR count). The molecule has 4 nitrogen and oxygen atoms in total. The van der Waals surface area contributed by atoms with Crippen LogP contribution in [-0.4, -0.2) is 17.2 Å². The third kappa shape index (κ3) is 1.80. The van der Waals surface area contributed by atoms with Gasteiger partial charge >= 0.3 is 0 Å². The second kappa shape index (κ2) is 3.90. The number of ether oxygens (including phenoxy) is 1. The zero-order valence-electron chi connectivity index (χ0n) is 8.43. The highest BCUT2D eigenvalue weighted by Gasteiger charge is 2.31. The van der Waals surface area contributed by atoms with Crippen molar-refractivity contribution in [3.8, 4) is 5.75 Å². The molecule has 0 radical (unpaired) electrons. The van der Waals surface area contributed by atoms with Gasteiger partial charge in [-0.15, -0.1) is 0 Å². The third-order valence-electron chi connectivity index (χ3n) is 2.65. The van der Waals surface area contributed by atoms with Crippen LogP contribution < -0.4 is 10.2 Å². The van der Waals surface area contributed by atoms with E-state index in [9.17, 15) is 4.79 Å². The lowest BCUT2D eigenvalue weighted by atomic mass is 9.92. The first kappa shape index (κ1) is 9.98. The standard InChI is InChI=1S/C11H13NO3/c1-7-6-8-4-2-3-5-9(8)15-10(7)11(13)12-14/h2-5,7,10,14H,6H2,1H3,(H,12,13)/t7-,10?/m1/s1. The van der Waals surface area contributed by atoms with Crippen LogP contribution in [0.1, 0.15) is 12.5 Å². The molecule has 0 spiro atoms. The molecule has 1 aromatic rings. The van der Waals surface area contributed by atoms with Crippen LogP contribution in [0.25, 0.3) is 0 Å². The first-order chi connectivity index (χ1) is 7.22. The molecule has 1 unspecified atom stereocenters. The fraction of sp³-hybridized carbons (Fsp3) is 0.364. The molecule has 0 saturated heterocycles. The van der Waals surface area contributed by atoms with Crippen LogP contribution in [0.5, 0.6) is 5.75 Å². The Bertz CT molecular complexity index is 378. The maximum atomic E-state index is 11.3. The zero-order chi connectivity index (χ0) is 10.8. The van der Waals surface area contributed by atoms with Crippen LogP contribution in [0.2, 0.25) is 0 Å². The maximum absolute atomic E-state index is 11.3. The quantitative estimate of drug-likeness (QED) is 0.536. The first-order valence-electron chi connectivity index (χ1n) is 4.91. The van der Waals surface area contributed by atoms with E-state index in [1.165, 1.54) is 0 Å². The normalized spacial score (nSPS) is 23.9. The number of rotatable bonds is 1. The van der Waals surface area contributed by atoms with Gasteiger partial charge in [-0.3, -0.25) is 10.0 Å². The summed E-state index contributed by atoms with van der Waals surface area (Å²) >= 11 is 0. The number of para-hydroxylation sites is 1. The second-order valence-corrected chi connectivity index (χ2v) is 3.80. The molecule has 0 bridgehead atoms. The van der Waals surface area contributed by atoms with E-state index in [-0.39, 0.29) is 5.92 Å². The Balaban J connectivity index is 2.25. The molecule has 1 aliphatic rings. The summed E-state index contributed by atoms with van der Waals surface area (Å²) in [7, 11) is 0. The Morgan fingerprint density at radius 3 is 3.00 bits per heavy atom. The highest BCUT2D eigenvalue weighted by atomic mass is 16.5. The number of nitrogens with one attached hydrogen (secondary N) is 1. The van der Waals surface area contributed by atoms with Gasteiger partial charge in [-0.25, -0.2) is 5.48 Å². The summed E-state index contributed by atoms with van der Waals surface area (Å²) in [4.78, 5) is 11.3. The van der Waals surface area contributed by atoms with Crippen molar-refractivity contribution in [1.82, 2.24) is 5.48 Å². The molecule has 1 aliphatic heterocycles. The van der Waals surface area contributed by atoms with E-state index in [0.717, 1.165) is 17.7 Å². The number of benzene rings is 1. The van der Waals surface area contributed by atoms with Crippen molar-refractivity contribution < 1.29 is 14.7 Å². The highest BCUT2D eigenvalue weighted by molar-refractivity contribution is 5.80. The van der Waals surface area contributed by atoms with Crippen molar-refractivity contribution in [3.63, 3.8) is 0 Å². The van der Waals surface area contributed by atoms with Crippen LogP contribution in [0, 0.1) is 5.92 Å². The largest absolute Gasteiger partial charge is 0.480 e.